The number of hydrogen-bond acceptors (Lipinski definition) is 6. The van der Waals surface area contributed by atoms with Crippen LogP contribution in [0.25, 0.3) is 0 Å². The zero-order chi connectivity index (χ0) is 20.1. The molecule has 0 amide bonds. The van der Waals surface area contributed by atoms with E-state index in [1.807, 2.05) is 6.92 Å². The van der Waals surface area contributed by atoms with Crippen molar-refractivity contribution in [2.45, 2.75) is 18.7 Å². The van der Waals surface area contributed by atoms with Crippen molar-refractivity contribution in [3.05, 3.63) is 66.2 Å². The van der Waals surface area contributed by atoms with Gasteiger partial charge in [-0.15, -0.1) is 0 Å². The minimum absolute atomic E-state index is 0.308. The zero-order valence-electron chi connectivity index (χ0n) is 15.3. The van der Waals surface area contributed by atoms with Crippen molar-refractivity contribution in [2.24, 2.45) is 0 Å². The maximum absolute atomic E-state index is 13.8. The fourth-order valence-electron chi connectivity index (χ4n) is 2.47. The van der Waals surface area contributed by atoms with Crippen LogP contribution >= 0.6 is 0 Å². The minimum atomic E-state index is -4.02. The molecule has 0 saturated heterocycles. The van der Waals surface area contributed by atoms with Crippen LogP contribution in [0.3, 0.4) is 0 Å². The normalized spacial score (nSPS) is 11.1. The number of nitrogens with one attached hydrogen (secondary N) is 2. The lowest BCUT2D eigenvalue weighted by Gasteiger charge is -2.11. The maximum Gasteiger partial charge on any atom is 0.264 e. The third-order valence-corrected chi connectivity index (χ3v) is 5.06. The molecule has 7 nitrogen and oxygen atoms in total. The summed E-state index contributed by atoms with van der Waals surface area (Å²) in [5.41, 5.74) is 0.997. The number of benzene rings is 2. The first kappa shape index (κ1) is 19.6. The van der Waals surface area contributed by atoms with Crippen LogP contribution in [0.1, 0.15) is 12.7 Å². The lowest BCUT2D eigenvalue weighted by Crippen LogP contribution is -2.14. The first-order valence-corrected chi connectivity index (χ1v) is 9.98. The van der Waals surface area contributed by atoms with Gasteiger partial charge in [-0.3, -0.25) is 4.72 Å². The Morgan fingerprint density at radius 1 is 1.04 bits per heavy atom. The third-order valence-electron chi connectivity index (χ3n) is 3.64. The molecule has 9 heteroatoms. The topological polar surface area (TPSA) is 93.2 Å². The number of aryl methyl sites for hydroxylation is 1. The fourth-order valence-corrected chi connectivity index (χ4v) is 3.61. The molecular formula is C19H19FN4O3S. The highest BCUT2D eigenvalue weighted by Gasteiger charge is 2.18. The van der Waals surface area contributed by atoms with Gasteiger partial charge in [0.25, 0.3) is 10.0 Å². The van der Waals surface area contributed by atoms with Gasteiger partial charge in [0, 0.05) is 17.4 Å². The maximum atomic E-state index is 13.8. The molecule has 0 fully saturated rings. The molecule has 0 aliphatic rings. The van der Waals surface area contributed by atoms with Gasteiger partial charge in [-0.1, -0.05) is 12.1 Å². The van der Waals surface area contributed by atoms with Crippen LogP contribution in [-0.2, 0) is 10.0 Å². The average Bonchev–Trinajstić information content (AvgIpc) is 2.63. The van der Waals surface area contributed by atoms with Gasteiger partial charge < -0.3 is 10.1 Å². The summed E-state index contributed by atoms with van der Waals surface area (Å²) >= 11 is 0. The number of sulfonamides is 1. The Labute approximate surface area is 162 Å². The summed E-state index contributed by atoms with van der Waals surface area (Å²) in [5.74, 6) is 0.766. The van der Waals surface area contributed by atoms with Gasteiger partial charge >= 0.3 is 0 Å². The molecule has 2 N–H and O–H groups in total. The second kappa shape index (κ2) is 8.22. The van der Waals surface area contributed by atoms with Crippen molar-refractivity contribution in [3.8, 4) is 5.88 Å². The van der Waals surface area contributed by atoms with Gasteiger partial charge in [0.1, 0.15) is 22.4 Å². The molecule has 0 aliphatic carbocycles. The quantitative estimate of drug-likeness (QED) is 0.623. The largest absolute Gasteiger partial charge is 0.478 e. The second-order valence-electron chi connectivity index (χ2n) is 5.81. The molecule has 146 valence electrons. The van der Waals surface area contributed by atoms with E-state index in [0.29, 0.717) is 35.5 Å². The van der Waals surface area contributed by atoms with Gasteiger partial charge in [0.05, 0.1) is 6.61 Å². The summed E-state index contributed by atoms with van der Waals surface area (Å²) in [6.45, 7) is 4.12. The number of rotatable bonds is 7. The Morgan fingerprint density at radius 3 is 2.39 bits per heavy atom. The summed E-state index contributed by atoms with van der Waals surface area (Å²) in [7, 11) is -4.02. The predicted octanol–water partition coefficient (Wildman–Crippen LogP) is 3.87. The van der Waals surface area contributed by atoms with Crippen molar-refractivity contribution in [1.29, 1.82) is 0 Å². The summed E-state index contributed by atoms with van der Waals surface area (Å²) in [5, 5.41) is 3.11. The Balaban J connectivity index is 1.75. The molecule has 1 heterocycles. The Morgan fingerprint density at radius 2 is 1.71 bits per heavy atom. The van der Waals surface area contributed by atoms with E-state index in [1.165, 1.54) is 18.2 Å². The highest BCUT2D eigenvalue weighted by molar-refractivity contribution is 7.92. The van der Waals surface area contributed by atoms with E-state index >= 15 is 0 Å². The van der Waals surface area contributed by atoms with E-state index in [1.54, 1.807) is 37.3 Å². The van der Waals surface area contributed by atoms with E-state index < -0.39 is 20.7 Å². The fraction of sp³-hybridized carbons (Fsp3) is 0.158. The third kappa shape index (κ3) is 4.74. The van der Waals surface area contributed by atoms with Gasteiger partial charge in [-0.05, 0) is 50.2 Å². The van der Waals surface area contributed by atoms with E-state index in [4.69, 9.17) is 4.74 Å². The standard InChI is InChI=1S/C19H19FN4O3S/c1-3-27-19-12-18(21-13(2)22-19)23-14-8-10-15(11-9-14)24-28(25,26)17-7-5-4-6-16(17)20/h4-12,24H,3H2,1-2H3,(H,21,22,23). The van der Waals surface area contributed by atoms with Crippen LogP contribution in [-0.4, -0.2) is 25.0 Å². The van der Waals surface area contributed by atoms with Gasteiger partial charge in [0.2, 0.25) is 5.88 Å². The highest BCUT2D eigenvalue weighted by atomic mass is 32.2. The first-order chi connectivity index (χ1) is 13.4. The monoisotopic (exact) mass is 402 g/mol. The number of aromatic nitrogens is 2. The number of nitrogens with zero attached hydrogens (tertiary/aromatic N) is 2. The van der Waals surface area contributed by atoms with Crippen LogP contribution in [0.2, 0.25) is 0 Å². The first-order valence-electron chi connectivity index (χ1n) is 8.50. The van der Waals surface area contributed by atoms with Crippen molar-refractivity contribution in [3.63, 3.8) is 0 Å². The number of halogens is 1. The zero-order valence-corrected chi connectivity index (χ0v) is 16.1. The Hall–Kier alpha value is -3.20. The minimum Gasteiger partial charge on any atom is -0.478 e. The summed E-state index contributed by atoms with van der Waals surface area (Å²) in [6.07, 6.45) is 0. The Kier molecular flexibility index (Phi) is 5.74. The van der Waals surface area contributed by atoms with Gasteiger partial charge in [-0.2, -0.15) is 4.98 Å². The SMILES string of the molecule is CCOc1cc(Nc2ccc(NS(=O)(=O)c3ccccc3F)cc2)nc(C)n1. The molecule has 0 unspecified atom stereocenters. The van der Waals surface area contributed by atoms with Crippen molar-refractivity contribution < 1.29 is 17.5 Å². The molecule has 0 aliphatic heterocycles. The second-order valence-corrected chi connectivity index (χ2v) is 7.46. The molecule has 0 atom stereocenters. The Bertz CT molecular complexity index is 1070. The van der Waals surface area contributed by atoms with E-state index in [0.717, 1.165) is 6.07 Å². The van der Waals surface area contributed by atoms with Crippen LogP contribution in [0.4, 0.5) is 21.6 Å². The van der Waals surface area contributed by atoms with Crippen LogP contribution in [0, 0.1) is 12.7 Å². The van der Waals surface area contributed by atoms with E-state index in [2.05, 4.69) is 20.0 Å². The van der Waals surface area contributed by atoms with Gasteiger partial charge in [0.15, 0.2) is 0 Å². The molecular weight excluding hydrogens is 383 g/mol. The molecule has 0 spiro atoms. The molecule has 0 radical (unpaired) electrons. The molecule has 2 aromatic carbocycles. The number of ether oxygens (including phenoxy) is 1. The van der Waals surface area contributed by atoms with Crippen molar-refractivity contribution in [2.75, 3.05) is 16.6 Å². The van der Waals surface area contributed by atoms with Gasteiger partial charge in [-0.25, -0.2) is 17.8 Å². The van der Waals surface area contributed by atoms with Crippen LogP contribution in [0.5, 0.6) is 5.88 Å². The molecule has 0 saturated carbocycles. The van der Waals surface area contributed by atoms with E-state index in [9.17, 15) is 12.8 Å². The van der Waals surface area contributed by atoms with E-state index in [-0.39, 0.29) is 0 Å². The smallest absolute Gasteiger partial charge is 0.264 e. The molecule has 1 aromatic heterocycles. The highest BCUT2D eigenvalue weighted by Crippen LogP contribution is 2.23. The average molecular weight is 402 g/mol. The molecule has 3 aromatic rings. The van der Waals surface area contributed by atoms with Crippen LogP contribution in [0.15, 0.2) is 59.5 Å². The lowest BCUT2D eigenvalue weighted by molar-refractivity contribution is 0.325. The summed E-state index contributed by atoms with van der Waals surface area (Å²) < 4.78 is 46.2. The summed E-state index contributed by atoms with van der Waals surface area (Å²) in [6, 6.07) is 13.4. The molecule has 0 bridgehead atoms. The van der Waals surface area contributed by atoms with Crippen molar-refractivity contribution >= 4 is 27.2 Å². The molecule has 3 rings (SSSR count). The summed E-state index contributed by atoms with van der Waals surface area (Å²) in [4.78, 5) is 8.06. The lowest BCUT2D eigenvalue weighted by atomic mass is 10.3. The predicted molar refractivity (Wildman–Crippen MR) is 105 cm³/mol. The molecule has 28 heavy (non-hydrogen) atoms. The number of anilines is 3. The number of hydrogen-bond donors (Lipinski definition) is 2. The van der Waals surface area contributed by atoms with Crippen LogP contribution < -0.4 is 14.8 Å². The van der Waals surface area contributed by atoms with Crippen molar-refractivity contribution in [1.82, 2.24) is 9.97 Å².